The van der Waals surface area contributed by atoms with Crippen LogP contribution < -0.4 is 10.6 Å². The van der Waals surface area contributed by atoms with E-state index in [4.69, 9.17) is 21.1 Å². The van der Waals surface area contributed by atoms with E-state index in [0.717, 1.165) is 5.56 Å². The number of benzene rings is 1. The number of carbonyl (C=O) groups excluding carboxylic acids is 4. The molecule has 2 atom stereocenters. The molecule has 1 aromatic rings. The molecule has 0 radical (unpaired) electrons. The quantitative estimate of drug-likeness (QED) is 0.412. The average Bonchev–Trinajstić information content (AvgIpc) is 2.73. The van der Waals surface area contributed by atoms with Crippen LogP contribution in [0.15, 0.2) is 24.3 Å². The van der Waals surface area contributed by atoms with Crippen molar-refractivity contribution in [3.63, 3.8) is 0 Å². The Labute approximate surface area is 213 Å². The summed E-state index contributed by atoms with van der Waals surface area (Å²) in [6, 6.07) is 4.96. The maximum Gasteiger partial charge on any atom is 0.328 e. The second-order valence-electron chi connectivity index (χ2n) is 9.95. The van der Waals surface area contributed by atoms with E-state index in [-0.39, 0.29) is 30.8 Å². The molecule has 0 spiro atoms. The molecule has 0 bridgehead atoms. The SMILES string of the molecule is CC(C)OC(=O)CC[C@@H](NC(=O)[C@@H](NC(=O)C(C)(C)c1ccc(Cl)cc1)C(C)C)C(=O)OC(C)C. The number of hydrogen-bond donors (Lipinski definition) is 2. The van der Waals surface area contributed by atoms with Gasteiger partial charge in [0.15, 0.2) is 0 Å². The number of amides is 2. The van der Waals surface area contributed by atoms with E-state index < -0.39 is 41.4 Å². The zero-order chi connectivity index (χ0) is 26.9. The lowest BCUT2D eigenvalue weighted by Crippen LogP contribution is -2.56. The van der Waals surface area contributed by atoms with Crippen molar-refractivity contribution in [1.29, 1.82) is 0 Å². The fraction of sp³-hybridized carbons (Fsp3) is 0.615. The highest BCUT2D eigenvalue weighted by atomic mass is 35.5. The summed E-state index contributed by atoms with van der Waals surface area (Å²) >= 11 is 5.96. The van der Waals surface area contributed by atoms with Crippen molar-refractivity contribution in [2.75, 3.05) is 0 Å². The summed E-state index contributed by atoms with van der Waals surface area (Å²) in [5.74, 6) is -2.29. The van der Waals surface area contributed by atoms with Crippen molar-refractivity contribution >= 4 is 35.4 Å². The number of hydrogen-bond acceptors (Lipinski definition) is 6. The molecule has 0 heterocycles. The smallest absolute Gasteiger partial charge is 0.328 e. The number of rotatable bonds is 12. The van der Waals surface area contributed by atoms with E-state index in [1.165, 1.54) is 0 Å². The third kappa shape index (κ3) is 9.88. The zero-order valence-electron chi connectivity index (χ0n) is 21.9. The lowest BCUT2D eigenvalue weighted by molar-refractivity contribution is -0.153. The van der Waals surface area contributed by atoms with Gasteiger partial charge in [-0.2, -0.15) is 0 Å². The molecule has 1 rings (SSSR count). The molecule has 1 aromatic carbocycles. The summed E-state index contributed by atoms with van der Waals surface area (Å²) in [6.45, 7) is 13.9. The summed E-state index contributed by atoms with van der Waals surface area (Å²) in [5.41, 5.74) is -0.196. The topological polar surface area (TPSA) is 111 Å². The first-order chi connectivity index (χ1) is 16.1. The molecule has 2 amide bonds. The maximum atomic E-state index is 13.2. The first-order valence-electron chi connectivity index (χ1n) is 11.9. The third-order valence-electron chi connectivity index (χ3n) is 5.33. The van der Waals surface area contributed by atoms with Crippen LogP contribution in [0.25, 0.3) is 0 Å². The van der Waals surface area contributed by atoms with E-state index in [0.29, 0.717) is 5.02 Å². The normalized spacial score (nSPS) is 13.4. The highest BCUT2D eigenvalue weighted by Crippen LogP contribution is 2.25. The van der Waals surface area contributed by atoms with Crippen LogP contribution in [0.4, 0.5) is 0 Å². The predicted molar refractivity (Wildman–Crippen MR) is 135 cm³/mol. The Kier molecular flexibility index (Phi) is 11.7. The van der Waals surface area contributed by atoms with E-state index >= 15 is 0 Å². The molecule has 0 fully saturated rings. The second-order valence-corrected chi connectivity index (χ2v) is 10.4. The van der Waals surface area contributed by atoms with Crippen LogP contribution in [-0.4, -0.2) is 48.0 Å². The maximum absolute atomic E-state index is 13.2. The Hall–Kier alpha value is -2.61. The Morgan fingerprint density at radius 2 is 1.43 bits per heavy atom. The lowest BCUT2D eigenvalue weighted by atomic mass is 9.83. The minimum atomic E-state index is -1.06. The first kappa shape index (κ1) is 30.4. The number of ether oxygens (including phenoxy) is 2. The molecule has 2 N–H and O–H groups in total. The predicted octanol–water partition coefficient (Wildman–Crippen LogP) is 3.93. The standard InChI is InChI=1S/C26H39ClN2O6/c1-15(2)22(29-25(33)26(7,8)18-9-11-19(27)12-10-18)23(31)28-20(24(32)35-17(5)6)13-14-21(30)34-16(3)4/h9-12,15-17,20,22H,13-14H2,1-8H3,(H,28,31)(H,29,33)/t20-,22+/m1/s1. The minimum Gasteiger partial charge on any atom is -0.463 e. The van der Waals surface area contributed by atoms with Gasteiger partial charge in [-0.15, -0.1) is 0 Å². The summed E-state index contributed by atoms with van der Waals surface area (Å²) in [4.78, 5) is 51.0. The third-order valence-corrected chi connectivity index (χ3v) is 5.58. The van der Waals surface area contributed by atoms with Crippen LogP contribution in [0.2, 0.25) is 5.02 Å². The highest BCUT2D eigenvalue weighted by molar-refractivity contribution is 6.30. The van der Waals surface area contributed by atoms with Crippen molar-refractivity contribution in [3.05, 3.63) is 34.9 Å². The molecule has 196 valence electrons. The van der Waals surface area contributed by atoms with Crippen molar-refractivity contribution < 1.29 is 28.7 Å². The lowest BCUT2D eigenvalue weighted by Gasteiger charge is -2.30. The van der Waals surface area contributed by atoms with Gasteiger partial charge in [-0.3, -0.25) is 14.4 Å². The monoisotopic (exact) mass is 510 g/mol. The molecule has 9 heteroatoms. The number of nitrogens with one attached hydrogen (secondary N) is 2. The Morgan fingerprint density at radius 3 is 1.91 bits per heavy atom. The van der Waals surface area contributed by atoms with Gasteiger partial charge in [0.1, 0.15) is 12.1 Å². The minimum absolute atomic E-state index is 0.0118. The Morgan fingerprint density at radius 1 is 0.886 bits per heavy atom. The average molecular weight is 511 g/mol. The van der Waals surface area contributed by atoms with E-state index in [1.54, 1.807) is 79.7 Å². The molecule has 0 aliphatic rings. The summed E-state index contributed by atoms with van der Waals surface area (Å²) in [5, 5.41) is 6.04. The fourth-order valence-corrected chi connectivity index (χ4v) is 3.39. The van der Waals surface area contributed by atoms with Gasteiger partial charge in [-0.1, -0.05) is 37.6 Å². The van der Waals surface area contributed by atoms with E-state index in [1.807, 2.05) is 0 Å². The molecule has 35 heavy (non-hydrogen) atoms. The van der Waals surface area contributed by atoms with Crippen LogP contribution in [0.1, 0.15) is 73.8 Å². The largest absolute Gasteiger partial charge is 0.463 e. The molecular formula is C26H39ClN2O6. The summed E-state index contributed by atoms with van der Waals surface area (Å²) in [6.07, 6.45) is -0.746. The van der Waals surface area contributed by atoms with Crippen molar-refractivity contribution in [3.8, 4) is 0 Å². The summed E-state index contributed by atoms with van der Waals surface area (Å²) in [7, 11) is 0. The summed E-state index contributed by atoms with van der Waals surface area (Å²) < 4.78 is 10.4. The Bertz CT molecular complexity index is 880. The molecule has 0 saturated heterocycles. The van der Waals surface area contributed by atoms with Crippen LogP contribution in [0.3, 0.4) is 0 Å². The molecular weight excluding hydrogens is 472 g/mol. The van der Waals surface area contributed by atoms with Crippen molar-refractivity contribution in [1.82, 2.24) is 10.6 Å². The van der Waals surface area contributed by atoms with Crippen molar-refractivity contribution in [2.45, 2.75) is 97.9 Å². The van der Waals surface area contributed by atoms with Crippen molar-refractivity contribution in [2.24, 2.45) is 5.92 Å². The van der Waals surface area contributed by atoms with Gasteiger partial charge < -0.3 is 20.1 Å². The Balaban J connectivity index is 3.01. The van der Waals surface area contributed by atoms with Crippen LogP contribution >= 0.6 is 11.6 Å². The second kappa shape index (κ2) is 13.5. The van der Waals surface area contributed by atoms with E-state index in [2.05, 4.69) is 10.6 Å². The number of carbonyl (C=O) groups is 4. The van der Waals surface area contributed by atoms with Crippen LogP contribution in [0.5, 0.6) is 0 Å². The molecule has 0 aliphatic carbocycles. The molecule has 0 unspecified atom stereocenters. The van der Waals surface area contributed by atoms with Crippen LogP contribution in [-0.2, 0) is 34.1 Å². The van der Waals surface area contributed by atoms with Gasteiger partial charge in [0, 0.05) is 11.4 Å². The molecule has 0 aliphatic heterocycles. The van der Waals surface area contributed by atoms with Crippen LogP contribution in [0, 0.1) is 5.92 Å². The van der Waals surface area contributed by atoms with Gasteiger partial charge in [0.2, 0.25) is 11.8 Å². The number of esters is 2. The van der Waals surface area contributed by atoms with Gasteiger partial charge >= 0.3 is 11.9 Å². The van der Waals surface area contributed by atoms with Gasteiger partial charge in [-0.25, -0.2) is 4.79 Å². The van der Waals surface area contributed by atoms with Gasteiger partial charge in [-0.05, 0) is 71.6 Å². The van der Waals surface area contributed by atoms with E-state index in [9.17, 15) is 19.2 Å². The molecule has 0 aromatic heterocycles. The highest BCUT2D eigenvalue weighted by Gasteiger charge is 2.35. The number of halogens is 1. The molecule has 8 nitrogen and oxygen atoms in total. The fourth-order valence-electron chi connectivity index (χ4n) is 3.26. The molecule has 0 saturated carbocycles. The van der Waals surface area contributed by atoms with Gasteiger partial charge in [0.25, 0.3) is 0 Å². The first-order valence-corrected chi connectivity index (χ1v) is 12.3. The van der Waals surface area contributed by atoms with Gasteiger partial charge in [0.05, 0.1) is 17.6 Å². The zero-order valence-corrected chi connectivity index (χ0v) is 22.7.